The van der Waals surface area contributed by atoms with Gasteiger partial charge in [0, 0.05) is 18.4 Å². The second kappa shape index (κ2) is 12.7. The predicted octanol–water partition coefficient (Wildman–Crippen LogP) is 2.48. The fourth-order valence-corrected chi connectivity index (χ4v) is 8.02. The highest BCUT2D eigenvalue weighted by atomic mass is 32.2. The van der Waals surface area contributed by atoms with E-state index in [1.807, 2.05) is 30.3 Å². The summed E-state index contributed by atoms with van der Waals surface area (Å²) in [7, 11) is -16.6. The monoisotopic (exact) mass is 640 g/mol. The molecule has 3 heterocycles. The highest BCUT2D eigenvalue weighted by Gasteiger charge is 2.43. The fraction of sp³-hybridized carbons (Fsp3) is 0.400. The summed E-state index contributed by atoms with van der Waals surface area (Å²) in [6.07, 6.45) is 0.590. The summed E-state index contributed by atoms with van der Waals surface area (Å²) in [6.45, 7) is -0.777. The van der Waals surface area contributed by atoms with E-state index in [1.165, 1.54) is 11.9 Å². The van der Waals surface area contributed by atoms with Crippen molar-refractivity contribution in [2.75, 3.05) is 18.1 Å². The van der Waals surface area contributed by atoms with E-state index in [4.69, 9.17) is 20.3 Å². The van der Waals surface area contributed by atoms with Crippen LogP contribution in [0.25, 0.3) is 11.0 Å². The highest BCUT2D eigenvalue weighted by Crippen LogP contribution is 2.66. The van der Waals surface area contributed by atoms with Crippen molar-refractivity contribution in [3.63, 3.8) is 0 Å². The van der Waals surface area contributed by atoms with Gasteiger partial charge < -0.3 is 39.7 Å². The molecular formula is C20H27N4O12P3S. The molecule has 1 aliphatic heterocycles. The zero-order valence-corrected chi connectivity index (χ0v) is 24.1. The van der Waals surface area contributed by atoms with Gasteiger partial charge in [-0.3, -0.25) is 4.52 Å². The Morgan fingerprint density at radius 1 is 1.07 bits per heavy atom. The van der Waals surface area contributed by atoms with Crippen molar-refractivity contribution in [1.82, 2.24) is 14.5 Å². The maximum absolute atomic E-state index is 12.0. The number of thioether (sulfide) groups is 1. The number of aromatic nitrogens is 3. The zero-order chi connectivity index (χ0) is 29.1. The average molecular weight is 640 g/mol. The molecule has 1 fully saturated rings. The molecule has 0 amide bonds. The van der Waals surface area contributed by atoms with Crippen molar-refractivity contribution < 1.29 is 56.3 Å². The molecule has 0 radical (unpaired) electrons. The summed E-state index contributed by atoms with van der Waals surface area (Å²) in [4.78, 5) is 44.6. The van der Waals surface area contributed by atoms with Crippen LogP contribution in [-0.4, -0.2) is 63.8 Å². The Balaban J connectivity index is 1.41. The first-order valence-corrected chi connectivity index (χ1v) is 17.2. The van der Waals surface area contributed by atoms with E-state index in [9.17, 15) is 28.6 Å². The molecule has 16 nitrogen and oxygen atoms in total. The molecule has 2 aromatic heterocycles. The number of ether oxygens (including phenoxy) is 1. The summed E-state index contributed by atoms with van der Waals surface area (Å²) in [6, 6.07) is 10.0. The molecule has 0 bridgehead atoms. The molecule has 1 aromatic carbocycles. The fourth-order valence-electron chi connectivity index (χ4n) is 4.05. The molecule has 0 saturated carbocycles. The second-order valence-electron chi connectivity index (χ2n) is 8.63. The van der Waals surface area contributed by atoms with Crippen molar-refractivity contribution >= 4 is 52.1 Å². The molecule has 1 aliphatic rings. The second-order valence-corrected chi connectivity index (χ2v) is 14.2. The van der Waals surface area contributed by atoms with Crippen LogP contribution in [0.3, 0.4) is 0 Å². The Morgan fingerprint density at radius 2 is 1.80 bits per heavy atom. The van der Waals surface area contributed by atoms with Gasteiger partial charge in [-0.2, -0.15) is 20.4 Å². The van der Waals surface area contributed by atoms with Gasteiger partial charge in [0.15, 0.2) is 0 Å². The number of hydrogen-bond donors (Lipinski definition) is 6. The Morgan fingerprint density at radius 3 is 2.50 bits per heavy atom. The minimum Gasteiger partial charge on any atom is -0.390 e. The normalized spacial score (nSPS) is 22.8. The van der Waals surface area contributed by atoms with Crippen molar-refractivity contribution in [3.8, 4) is 0 Å². The maximum atomic E-state index is 12.0. The number of hydrogen-bond acceptors (Lipinski definition) is 12. The van der Waals surface area contributed by atoms with Crippen LogP contribution in [-0.2, 0) is 43.8 Å². The van der Waals surface area contributed by atoms with Crippen LogP contribution in [0, 0.1) is 0 Å². The number of fused-ring (bicyclic) bond motifs is 1. The number of rotatable bonds is 13. The Kier molecular flexibility index (Phi) is 9.91. The molecule has 5 atom stereocenters. The van der Waals surface area contributed by atoms with E-state index in [1.54, 1.807) is 22.5 Å². The van der Waals surface area contributed by atoms with E-state index >= 15 is 0 Å². The standard InChI is InChI=1S/C20H27N4O12P3S/c21-19-18-14(6-7-40-11-13-4-2-1-3-5-13)9-24(20(18)23-12-22-19)17-8-15(25)16(34-17)10-33-38(29,30)36-39(31,32)35-37(26,27)28/h1-5,9,12,15-17,25H,6-8,10-11H2,(H,29,30)(H,31,32)(H2,21,22,23)(H2,26,27,28)/t15-,16+,17+/m0/s1. The van der Waals surface area contributed by atoms with Gasteiger partial charge in [-0.15, -0.1) is 0 Å². The lowest BCUT2D eigenvalue weighted by molar-refractivity contribution is -0.0422. The predicted molar refractivity (Wildman–Crippen MR) is 143 cm³/mol. The lowest BCUT2D eigenvalue weighted by Crippen LogP contribution is -2.26. The summed E-state index contributed by atoms with van der Waals surface area (Å²) in [5.74, 6) is 1.88. The number of aliphatic hydroxyl groups is 1. The minimum atomic E-state index is -5.67. The van der Waals surface area contributed by atoms with Crippen LogP contribution >= 0.6 is 35.2 Å². The number of nitrogens with two attached hydrogens (primary N) is 1. The number of phosphoric acid groups is 3. The lowest BCUT2D eigenvalue weighted by Gasteiger charge is -2.19. The summed E-state index contributed by atoms with van der Waals surface area (Å²) < 4.78 is 53.8. The van der Waals surface area contributed by atoms with E-state index in [2.05, 4.69) is 23.1 Å². The molecule has 3 aromatic rings. The van der Waals surface area contributed by atoms with Gasteiger partial charge in [-0.05, 0) is 23.3 Å². The first-order chi connectivity index (χ1) is 18.7. The third-order valence-corrected chi connectivity index (χ3v) is 10.5. The van der Waals surface area contributed by atoms with Gasteiger partial charge in [0.2, 0.25) is 0 Å². The molecule has 0 aliphatic carbocycles. The molecular weight excluding hydrogens is 613 g/mol. The highest BCUT2D eigenvalue weighted by molar-refractivity contribution is 7.98. The smallest absolute Gasteiger partial charge is 0.390 e. The van der Waals surface area contributed by atoms with Gasteiger partial charge >= 0.3 is 23.5 Å². The van der Waals surface area contributed by atoms with Crippen LogP contribution in [0.5, 0.6) is 0 Å². The first kappa shape index (κ1) is 31.3. The van der Waals surface area contributed by atoms with Crippen LogP contribution in [0.4, 0.5) is 5.82 Å². The third-order valence-electron chi connectivity index (χ3n) is 5.68. The number of aryl methyl sites for hydroxylation is 1. The molecule has 220 valence electrons. The Hall–Kier alpha value is -1.68. The summed E-state index contributed by atoms with van der Waals surface area (Å²) in [5.41, 5.74) is 8.67. The molecule has 7 N–H and O–H groups in total. The van der Waals surface area contributed by atoms with Crippen LogP contribution < -0.4 is 5.73 Å². The van der Waals surface area contributed by atoms with Crippen molar-refractivity contribution in [2.45, 2.75) is 37.0 Å². The minimum absolute atomic E-state index is 0.0281. The molecule has 20 heteroatoms. The quantitative estimate of drug-likeness (QED) is 0.116. The molecule has 4 rings (SSSR count). The van der Waals surface area contributed by atoms with Crippen LogP contribution in [0.2, 0.25) is 0 Å². The van der Waals surface area contributed by atoms with E-state index in [-0.39, 0.29) is 12.2 Å². The summed E-state index contributed by atoms with van der Waals surface area (Å²) in [5, 5.41) is 11.1. The number of anilines is 1. The largest absolute Gasteiger partial charge is 0.490 e. The van der Waals surface area contributed by atoms with Crippen LogP contribution in [0.1, 0.15) is 23.8 Å². The molecule has 2 unspecified atom stereocenters. The number of nitrogen functional groups attached to an aromatic ring is 1. The Labute approximate surface area is 231 Å². The van der Waals surface area contributed by atoms with Gasteiger partial charge in [0.1, 0.15) is 30.1 Å². The van der Waals surface area contributed by atoms with Gasteiger partial charge in [0.25, 0.3) is 0 Å². The lowest BCUT2D eigenvalue weighted by atomic mass is 10.2. The topological polar surface area (TPSA) is 246 Å². The molecule has 0 spiro atoms. The van der Waals surface area contributed by atoms with Crippen molar-refractivity contribution in [2.24, 2.45) is 0 Å². The number of aliphatic hydroxyl groups excluding tert-OH is 1. The van der Waals surface area contributed by atoms with Crippen LogP contribution in [0.15, 0.2) is 42.9 Å². The maximum Gasteiger partial charge on any atom is 0.490 e. The van der Waals surface area contributed by atoms with E-state index in [0.717, 1.165) is 17.1 Å². The van der Waals surface area contributed by atoms with E-state index in [0.29, 0.717) is 17.5 Å². The third kappa shape index (κ3) is 8.43. The first-order valence-electron chi connectivity index (χ1n) is 11.6. The van der Waals surface area contributed by atoms with Gasteiger partial charge in [0.05, 0.1) is 18.1 Å². The number of nitrogens with zero attached hydrogens (tertiary/aromatic N) is 3. The Bertz CT molecular complexity index is 1470. The molecule has 40 heavy (non-hydrogen) atoms. The summed E-state index contributed by atoms with van der Waals surface area (Å²) >= 11 is 1.74. The van der Waals surface area contributed by atoms with Crippen molar-refractivity contribution in [1.29, 1.82) is 0 Å². The molecule has 1 saturated heterocycles. The van der Waals surface area contributed by atoms with Crippen molar-refractivity contribution in [3.05, 3.63) is 54.0 Å². The van der Waals surface area contributed by atoms with E-state index < -0.39 is 48.5 Å². The van der Waals surface area contributed by atoms with Gasteiger partial charge in [-0.25, -0.2) is 23.7 Å². The van der Waals surface area contributed by atoms with Gasteiger partial charge in [-0.1, -0.05) is 30.3 Å². The number of phosphoric ester groups is 1. The average Bonchev–Trinajstić information content (AvgIpc) is 3.40. The number of benzene rings is 1. The zero-order valence-electron chi connectivity index (χ0n) is 20.6. The SMILES string of the molecule is Nc1ncnc2c1c(CCSCc1ccccc1)cn2[C@H]1C[C@H](O)[C@@H](COP(=O)(O)OP(=O)(O)OP(=O)(O)O)O1.